The molecule has 92 valence electrons. The van der Waals surface area contributed by atoms with Gasteiger partial charge in [0.25, 0.3) is 10.0 Å². The second-order valence-electron chi connectivity index (χ2n) is 3.33. The average molecular weight is 283 g/mol. The Hall–Kier alpha value is -2.04. The Balaban J connectivity index is 2.44. The second kappa shape index (κ2) is 4.68. The van der Waals surface area contributed by atoms with Crippen LogP contribution < -0.4 is 4.72 Å². The van der Waals surface area contributed by atoms with Crippen molar-refractivity contribution in [3.63, 3.8) is 0 Å². The lowest BCUT2D eigenvalue weighted by molar-refractivity contribution is 0.601. The maximum Gasteiger partial charge on any atom is 0.264 e. The summed E-state index contributed by atoms with van der Waals surface area (Å²) in [6.07, 6.45) is 1.41. The third-order valence-corrected chi connectivity index (χ3v) is 3.94. The van der Waals surface area contributed by atoms with E-state index in [0.29, 0.717) is 0 Å². The SMILES string of the molecule is N#Cc1ccc(Cl)c(S(=O)(=O)Nc2ccn[nH]2)c1. The Kier molecular flexibility index (Phi) is 3.23. The van der Waals surface area contributed by atoms with Crippen LogP contribution in [0.1, 0.15) is 5.56 Å². The molecule has 2 N–H and O–H groups in total. The number of hydrogen-bond acceptors (Lipinski definition) is 4. The number of H-pyrrole nitrogens is 1. The summed E-state index contributed by atoms with van der Waals surface area (Å²) in [6.45, 7) is 0. The van der Waals surface area contributed by atoms with E-state index in [2.05, 4.69) is 14.9 Å². The molecule has 0 saturated heterocycles. The first-order valence-electron chi connectivity index (χ1n) is 4.75. The van der Waals surface area contributed by atoms with Crippen molar-refractivity contribution in [2.45, 2.75) is 4.90 Å². The largest absolute Gasteiger partial charge is 0.264 e. The Morgan fingerprint density at radius 3 is 2.78 bits per heavy atom. The topological polar surface area (TPSA) is 98.6 Å². The molecule has 0 bridgehead atoms. The van der Waals surface area contributed by atoms with Gasteiger partial charge in [-0.25, -0.2) is 8.42 Å². The van der Waals surface area contributed by atoms with Gasteiger partial charge >= 0.3 is 0 Å². The first-order chi connectivity index (χ1) is 8.53. The Labute approximate surface area is 108 Å². The molecule has 0 aliphatic heterocycles. The van der Waals surface area contributed by atoms with Crippen LogP contribution >= 0.6 is 11.6 Å². The number of aromatic nitrogens is 2. The zero-order valence-electron chi connectivity index (χ0n) is 8.88. The van der Waals surface area contributed by atoms with Crippen LogP contribution in [0.5, 0.6) is 0 Å². The Morgan fingerprint density at radius 2 is 2.17 bits per heavy atom. The van der Waals surface area contributed by atoms with Gasteiger partial charge < -0.3 is 0 Å². The summed E-state index contributed by atoms with van der Waals surface area (Å²) in [5, 5.41) is 14.9. The number of nitriles is 1. The molecule has 0 radical (unpaired) electrons. The van der Waals surface area contributed by atoms with Crippen LogP contribution in [-0.2, 0) is 10.0 Å². The minimum atomic E-state index is -3.85. The van der Waals surface area contributed by atoms with Gasteiger partial charge in [-0.05, 0) is 18.2 Å². The van der Waals surface area contributed by atoms with Crippen molar-refractivity contribution in [3.8, 4) is 6.07 Å². The van der Waals surface area contributed by atoms with Gasteiger partial charge in [0.1, 0.15) is 10.7 Å². The van der Waals surface area contributed by atoms with Crippen molar-refractivity contribution < 1.29 is 8.42 Å². The molecule has 0 amide bonds. The lowest BCUT2D eigenvalue weighted by Crippen LogP contribution is -2.14. The molecule has 6 nitrogen and oxygen atoms in total. The summed E-state index contributed by atoms with van der Waals surface area (Å²) in [6, 6.07) is 7.33. The second-order valence-corrected chi connectivity index (χ2v) is 5.39. The van der Waals surface area contributed by atoms with E-state index >= 15 is 0 Å². The lowest BCUT2D eigenvalue weighted by atomic mass is 10.2. The third kappa shape index (κ3) is 2.45. The fraction of sp³-hybridized carbons (Fsp3) is 0. The zero-order chi connectivity index (χ0) is 13.2. The quantitative estimate of drug-likeness (QED) is 0.895. The van der Waals surface area contributed by atoms with Gasteiger partial charge in [-0.1, -0.05) is 11.6 Å². The number of rotatable bonds is 3. The molecule has 0 aliphatic carbocycles. The van der Waals surface area contributed by atoms with Gasteiger partial charge in [-0.15, -0.1) is 0 Å². The van der Waals surface area contributed by atoms with E-state index in [1.54, 1.807) is 0 Å². The van der Waals surface area contributed by atoms with Crippen LogP contribution in [0.25, 0.3) is 0 Å². The molecule has 2 aromatic rings. The normalized spacial score (nSPS) is 10.9. The van der Waals surface area contributed by atoms with E-state index in [1.807, 2.05) is 6.07 Å². The maximum absolute atomic E-state index is 12.0. The number of hydrogen-bond donors (Lipinski definition) is 2. The lowest BCUT2D eigenvalue weighted by Gasteiger charge is -2.07. The number of anilines is 1. The molecule has 0 aliphatic rings. The molecular weight excluding hydrogens is 276 g/mol. The van der Waals surface area contributed by atoms with Gasteiger partial charge in [0.05, 0.1) is 22.9 Å². The fourth-order valence-electron chi connectivity index (χ4n) is 1.29. The molecule has 1 aromatic carbocycles. The summed E-state index contributed by atoms with van der Waals surface area (Å²) in [7, 11) is -3.85. The predicted molar refractivity (Wildman–Crippen MR) is 65.6 cm³/mol. The van der Waals surface area contributed by atoms with E-state index < -0.39 is 10.0 Å². The maximum atomic E-state index is 12.0. The molecule has 1 heterocycles. The first kappa shape index (κ1) is 12.4. The molecule has 18 heavy (non-hydrogen) atoms. The highest BCUT2D eigenvalue weighted by Gasteiger charge is 2.19. The summed E-state index contributed by atoms with van der Waals surface area (Å²) >= 11 is 5.82. The van der Waals surface area contributed by atoms with Crippen molar-refractivity contribution in [2.24, 2.45) is 0 Å². The monoisotopic (exact) mass is 282 g/mol. The van der Waals surface area contributed by atoms with Crippen molar-refractivity contribution in [3.05, 3.63) is 41.0 Å². The van der Waals surface area contributed by atoms with Crippen molar-refractivity contribution in [2.75, 3.05) is 4.72 Å². The molecule has 0 saturated carbocycles. The van der Waals surface area contributed by atoms with Gasteiger partial charge in [-0.2, -0.15) is 10.4 Å². The highest BCUT2D eigenvalue weighted by atomic mass is 35.5. The van der Waals surface area contributed by atoms with Gasteiger partial charge in [0.2, 0.25) is 0 Å². The van der Waals surface area contributed by atoms with E-state index in [0.717, 1.165) is 0 Å². The summed E-state index contributed by atoms with van der Waals surface area (Å²) in [5.41, 5.74) is 0.212. The van der Waals surface area contributed by atoms with Crippen molar-refractivity contribution in [1.82, 2.24) is 10.2 Å². The number of benzene rings is 1. The van der Waals surface area contributed by atoms with Crippen LogP contribution in [0.4, 0.5) is 5.82 Å². The molecule has 0 fully saturated rings. The molecule has 0 atom stereocenters. The van der Waals surface area contributed by atoms with Gasteiger partial charge in [-0.3, -0.25) is 9.82 Å². The number of halogens is 1. The molecule has 1 aromatic heterocycles. The highest BCUT2D eigenvalue weighted by molar-refractivity contribution is 7.92. The average Bonchev–Trinajstić information content (AvgIpc) is 2.81. The Morgan fingerprint density at radius 1 is 1.39 bits per heavy atom. The van der Waals surface area contributed by atoms with E-state index in [1.165, 1.54) is 30.5 Å². The molecule has 0 spiro atoms. The third-order valence-electron chi connectivity index (χ3n) is 2.09. The van der Waals surface area contributed by atoms with Gasteiger partial charge in [0.15, 0.2) is 0 Å². The van der Waals surface area contributed by atoms with Crippen LogP contribution in [0, 0.1) is 11.3 Å². The standard InChI is InChI=1S/C10H7ClN4O2S/c11-8-2-1-7(6-12)5-9(8)18(16,17)15-10-3-4-13-14-10/h1-5H,(H2,13,14,15). The number of nitrogens with zero attached hydrogens (tertiary/aromatic N) is 2. The van der Waals surface area contributed by atoms with E-state index in [4.69, 9.17) is 16.9 Å². The smallest absolute Gasteiger partial charge is 0.264 e. The number of aromatic amines is 1. The number of nitrogens with one attached hydrogen (secondary N) is 2. The molecule has 8 heteroatoms. The van der Waals surface area contributed by atoms with Gasteiger partial charge in [0, 0.05) is 6.07 Å². The highest BCUT2D eigenvalue weighted by Crippen LogP contribution is 2.24. The first-order valence-corrected chi connectivity index (χ1v) is 6.61. The Bertz CT molecular complexity index is 704. The van der Waals surface area contributed by atoms with Crippen LogP contribution in [-0.4, -0.2) is 18.6 Å². The van der Waals surface area contributed by atoms with Crippen LogP contribution in [0.15, 0.2) is 35.4 Å². The predicted octanol–water partition coefficient (Wildman–Crippen LogP) is 1.74. The fourth-order valence-corrected chi connectivity index (χ4v) is 2.83. The van der Waals surface area contributed by atoms with Crippen LogP contribution in [0.2, 0.25) is 5.02 Å². The molecule has 2 rings (SSSR count). The zero-order valence-corrected chi connectivity index (χ0v) is 10.5. The van der Waals surface area contributed by atoms with E-state index in [-0.39, 0.29) is 21.3 Å². The minimum absolute atomic E-state index is 0.0426. The summed E-state index contributed by atoms with van der Waals surface area (Å²) in [5.74, 6) is 0.216. The summed E-state index contributed by atoms with van der Waals surface area (Å²) < 4.78 is 26.3. The van der Waals surface area contributed by atoms with Crippen LogP contribution in [0.3, 0.4) is 0 Å². The molecule has 0 unspecified atom stereocenters. The molecular formula is C10H7ClN4O2S. The van der Waals surface area contributed by atoms with E-state index in [9.17, 15) is 8.42 Å². The number of sulfonamides is 1. The van der Waals surface area contributed by atoms with Crippen molar-refractivity contribution in [1.29, 1.82) is 5.26 Å². The summed E-state index contributed by atoms with van der Waals surface area (Å²) in [4.78, 5) is -0.155. The minimum Gasteiger partial charge on any atom is -0.264 e. The van der Waals surface area contributed by atoms with Crippen molar-refractivity contribution >= 4 is 27.4 Å².